The number of carbonyl (C=O) groups is 3. The number of anilines is 1. The van der Waals surface area contributed by atoms with Crippen molar-refractivity contribution in [3.05, 3.63) is 118 Å². The first-order chi connectivity index (χ1) is 24.0. The molecule has 2 N–H and O–H groups in total. The number of rotatable bonds is 14. The van der Waals surface area contributed by atoms with Crippen LogP contribution in [0.15, 0.2) is 95.9 Å². The molecule has 262 valence electrons. The van der Waals surface area contributed by atoms with E-state index in [-0.39, 0.29) is 5.82 Å². The van der Waals surface area contributed by atoms with Crippen LogP contribution in [0.3, 0.4) is 0 Å². The molecule has 0 unspecified atom stereocenters. The summed E-state index contributed by atoms with van der Waals surface area (Å²) in [5, 5.41) is 11.4. The number of methoxy groups -OCH3 is 2. The molecule has 0 bridgehead atoms. The van der Waals surface area contributed by atoms with Gasteiger partial charge in [0.05, 0.1) is 27.1 Å². The number of ether oxygens (including phenoxy) is 5. The fourth-order valence-electron chi connectivity index (χ4n) is 5.74. The van der Waals surface area contributed by atoms with Gasteiger partial charge in [0.15, 0.2) is 12.4 Å². The number of hydrogen-bond acceptors (Lipinski definition) is 10. The van der Waals surface area contributed by atoms with Crippen molar-refractivity contribution in [2.24, 2.45) is 0 Å². The molecule has 13 nitrogen and oxygen atoms in total. The summed E-state index contributed by atoms with van der Waals surface area (Å²) >= 11 is 0. The van der Waals surface area contributed by atoms with Gasteiger partial charge in [0.1, 0.15) is 41.7 Å². The lowest BCUT2D eigenvalue weighted by Gasteiger charge is -2.39. The zero-order valence-electron chi connectivity index (χ0n) is 27.5. The zero-order chi connectivity index (χ0) is 35.8. The second-order valence-corrected chi connectivity index (χ2v) is 11.4. The molecule has 1 amide bonds. The molecule has 1 aliphatic rings. The van der Waals surface area contributed by atoms with Crippen molar-refractivity contribution in [2.75, 3.05) is 26.1 Å². The third-order valence-corrected chi connectivity index (χ3v) is 8.11. The van der Waals surface area contributed by atoms with Crippen molar-refractivity contribution in [2.45, 2.75) is 50.0 Å². The SMILES string of the molecule is COc1ccc(C(O[C@H]2[C@@H](F)[C@H](n3ccc(NC(C)=O)nc3=O)O[C@@H]2COC(=O)CCC(=O)O)(c2ccccc2)c2ccc(OC)cc2)cc1. The Labute approximate surface area is 286 Å². The Morgan fingerprint density at radius 2 is 1.48 bits per heavy atom. The molecular formula is C36H36FN3O10. The van der Waals surface area contributed by atoms with Crippen LogP contribution < -0.4 is 20.5 Å². The zero-order valence-corrected chi connectivity index (χ0v) is 27.5. The summed E-state index contributed by atoms with van der Waals surface area (Å²) in [4.78, 5) is 52.0. The highest BCUT2D eigenvalue weighted by molar-refractivity contribution is 5.87. The highest BCUT2D eigenvalue weighted by Gasteiger charge is 2.53. The lowest BCUT2D eigenvalue weighted by atomic mass is 9.79. The van der Waals surface area contributed by atoms with Gasteiger partial charge < -0.3 is 34.1 Å². The molecule has 3 aromatic carbocycles. The van der Waals surface area contributed by atoms with Crippen molar-refractivity contribution < 1.29 is 47.6 Å². The molecule has 0 saturated carbocycles. The van der Waals surface area contributed by atoms with E-state index in [2.05, 4.69) is 10.3 Å². The summed E-state index contributed by atoms with van der Waals surface area (Å²) in [6, 6.07) is 24.5. The fraction of sp³-hybridized carbons (Fsp3) is 0.306. The summed E-state index contributed by atoms with van der Waals surface area (Å²) in [6.07, 6.45) is -6.06. The summed E-state index contributed by atoms with van der Waals surface area (Å²) < 4.78 is 47.1. The van der Waals surface area contributed by atoms with Gasteiger partial charge in [-0.05, 0) is 47.0 Å². The van der Waals surface area contributed by atoms with Crippen LogP contribution in [0, 0.1) is 0 Å². The van der Waals surface area contributed by atoms with Crippen LogP contribution >= 0.6 is 0 Å². The molecular weight excluding hydrogens is 653 g/mol. The minimum absolute atomic E-state index is 0.0361. The molecule has 1 fully saturated rings. The first-order valence-electron chi connectivity index (χ1n) is 15.6. The Bertz CT molecular complexity index is 1800. The first kappa shape index (κ1) is 35.7. The number of amides is 1. The second-order valence-electron chi connectivity index (χ2n) is 11.4. The molecule has 0 radical (unpaired) electrons. The average Bonchev–Trinajstić information content (AvgIpc) is 3.42. The molecule has 4 aromatic rings. The molecule has 50 heavy (non-hydrogen) atoms. The third kappa shape index (κ3) is 7.82. The lowest BCUT2D eigenvalue weighted by molar-refractivity contribution is -0.156. The van der Waals surface area contributed by atoms with Crippen LogP contribution in [0.25, 0.3) is 0 Å². The summed E-state index contributed by atoms with van der Waals surface area (Å²) in [5.74, 6) is -1.39. The first-order valence-corrected chi connectivity index (χ1v) is 15.6. The fourth-order valence-corrected chi connectivity index (χ4v) is 5.74. The minimum atomic E-state index is -2.04. The van der Waals surface area contributed by atoms with E-state index in [1.807, 2.05) is 30.3 Å². The van der Waals surface area contributed by atoms with Gasteiger partial charge in [0, 0.05) is 13.1 Å². The number of halogens is 1. The van der Waals surface area contributed by atoms with Crippen molar-refractivity contribution in [3.63, 3.8) is 0 Å². The largest absolute Gasteiger partial charge is 0.497 e. The average molecular weight is 690 g/mol. The van der Waals surface area contributed by atoms with Crippen LogP contribution in [0.5, 0.6) is 11.5 Å². The van der Waals surface area contributed by atoms with Crippen LogP contribution in [0.2, 0.25) is 0 Å². The Morgan fingerprint density at radius 1 is 0.900 bits per heavy atom. The van der Waals surface area contributed by atoms with Crippen molar-refractivity contribution in [1.82, 2.24) is 9.55 Å². The standard InChI is InChI=1S/C36H36FN3O10/c1-22(41)38-29-19-20-40(35(45)39-29)34-32(37)33(28(49-34)21-48-31(44)18-17-30(42)43)50-36(23-7-5-4-6-8-23,24-9-13-26(46-2)14-10-24)25-11-15-27(47-3)16-12-25/h4-16,19-20,28,32-34H,17-18,21H2,1-3H3,(H,42,43)(H,38,39,41,45)/t28-,32-,33-,34-/m1/s1. The maximum absolute atomic E-state index is 17.0. The molecule has 0 spiro atoms. The predicted molar refractivity (Wildman–Crippen MR) is 177 cm³/mol. The number of nitrogens with zero attached hydrogens (tertiary/aromatic N) is 2. The topological polar surface area (TPSA) is 165 Å². The van der Waals surface area contributed by atoms with Crippen molar-refractivity contribution in [1.29, 1.82) is 0 Å². The number of carboxylic acid groups (broad SMARTS) is 1. The van der Waals surface area contributed by atoms with E-state index in [4.69, 9.17) is 28.8 Å². The second kappa shape index (κ2) is 15.7. The molecule has 1 aromatic heterocycles. The lowest BCUT2D eigenvalue weighted by Crippen LogP contribution is -2.44. The highest BCUT2D eigenvalue weighted by atomic mass is 19.1. The van der Waals surface area contributed by atoms with E-state index < -0.39 is 73.2 Å². The van der Waals surface area contributed by atoms with Crippen LogP contribution in [0.4, 0.5) is 10.2 Å². The van der Waals surface area contributed by atoms with Gasteiger partial charge in [-0.2, -0.15) is 4.98 Å². The molecule has 0 aliphatic carbocycles. The number of nitrogens with one attached hydrogen (secondary N) is 1. The Balaban J connectivity index is 1.63. The molecule has 14 heteroatoms. The van der Waals surface area contributed by atoms with E-state index in [0.717, 1.165) is 4.57 Å². The molecule has 1 aliphatic heterocycles. The summed E-state index contributed by atoms with van der Waals surface area (Å²) in [6.45, 7) is 0.724. The molecule has 5 rings (SSSR count). The molecule has 4 atom stereocenters. The van der Waals surface area contributed by atoms with Gasteiger partial charge in [-0.15, -0.1) is 0 Å². The highest BCUT2D eigenvalue weighted by Crippen LogP contribution is 2.46. The maximum Gasteiger partial charge on any atom is 0.351 e. The Kier molecular flexibility index (Phi) is 11.2. The number of esters is 1. The number of aromatic nitrogens is 2. The number of hydrogen-bond donors (Lipinski definition) is 2. The van der Waals surface area contributed by atoms with Crippen molar-refractivity contribution >= 4 is 23.7 Å². The van der Waals surface area contributed by atoms with Crippen LogP contribution in [0.1, 0.15) is 42.7 Å². The van der Waals surface area contributed by atoms with Gasteiger partial charge in [-0.1, -0.05) is 54.6 Å². The maximum atomic E-state index is 17.0. The quantitative estimate of drug-likeness (QED) is 0.144. The predicted octanol–water partition coefficient (Wildman–Crippen LogP) is 4.24. The molecule has 1 saturated heterocycles. The van der Waals surface area contributed by atoms with Crippen molar-refractivity contribution in [3.8, 4) is 11.5 Å². The normalized spacial score (nSPS) is 18.6. The number of aliphatic carboxylic acids is 1. The molecule has 2 heterocycles. The minimum Gasteiger partial charge on any atom is -0.497 e. The van der Waals surface area contributed by atoms with Crippen LogP contribution in [-0.2, 0) is 34.2 Å². The number of benzene rings is 3. The van der Waals surface area contributed by atoms with E-state index in [9.17, 15) is 19.2 Å². The van der Waals surface area contributed by atoms with Gasteiger partial charge >= 0.3 is 17.6 Å². The number of carboxylic acids is 1. The van der Waals surface area contributed by atoms with E-state index in [0.29, 0.717) is 28.2 Å². The van der Waals surface area contributed by atoms with E-state index in [1.54, 1.807) is 48.5 Å². The smallest absolute Gasteiger partial charge is 0.351 e. The number of alkyl halides is 1. The van der Waals surface area contributed by atoms with E-state index >= 15 is 4.39 Å². The third-order valence-electron chi connectivity index (χ3n) is 8.11. The van der Waals surface area contributed by atoms with Gasteiger partial charge in [0.2, 0.25) is 5.91 Å². The van der Waals surface area contributed by atoms with Gasteiger partial charge in [-0.25, -0.2) is 9.18 Å². The van der Waals surface area contributed by atoms with Gasteiger partial charge in [-0.3, -0.25) is 19.0 Å². The van der Waals surface area contributed by atoms with E-state index in [1.165, 1.54) is 33.4 Å². The Morgan fingerprint density at radius 3 is 2.00 bits per heavy atom. The summed E-state index contributed by atoms with van der Waals surface area (Å²) in [5.41, 5.74) is -0.651. The monoisotopic (exact) mass is 689 g/mol. The van der Waals surface area contributed by atoms with Gasteiger partial charge in [0.25, 0.3) is 0 Å². The summed E-state index contributed by atoms with van der Waals surface area (Å²) in [7, 11) is 3.07. The Hall–Kier alpha value is -5.60. The van der Waals surface area contributed by atoms with Crippen LogP contribution in [-0.4, -0.2) is 71.7 Å². The number of carbonyl (C=O) groups excluding carboxylic acids is 2.